The summed E-state index contributed by atoms with van der Waals surface area (Å²) in [6, 6.07) is 11.8. The second-order valence-corrected chi connectivity index (χ2v) is 8.95. The summed E-state index contributed by atoms with van der Waals surface area (Å²) in [7, 11) is 3.24. The Morgan fingerprint density at radius 2 is 1.86 bits per heavy atom. The van der Waals surface area contributed by atoms with Crippen LogP contribution in [0.2, 0.25) is 0 Å². The Hall–Kier alpha value is -3.74. The Morgan fingerprint density at radius 1 is 1.11 bits per heavy atom. The molecular weight excluding hydrogens is 440 g/mol. The van der Waals surface area contributed by atoms with Crippen molar-refractivity contribution in [3.8, 4) is 11.5 Å². The van der Waals surface area contributed by atoms with E-state index in [0.717, 1.165) is 41.9 Å². The number of methoxy groups -OCH3 is 2. The van der Waals surface area contributed by atoms with Gasteiger partial charge in [-0.05, 0) is 78.6 Å². The summed E-state index contributed by atoms with van der Waals surface area (Å²) in [5.41, 5.74) is 12.8. The van der Waals surface area contributed by atoms with Gasteiger partial charge in [-0.2, -0.15) is 0 Å². The van der Waals surface area contributed by atoms with Crippen molar-refractivity contribution in [3.63, 3.8) is 0 Å². The van der Waals surface area contributed by atoms with E-state index in [1.54, 1.807) is 20.4 Å². The van der Waals surface area contributed by atoms with Crippen molar-refractivity contribution in [3.05, 3.63) is 64.8 Å². The van der Waals surface area contributed by atoms with Gasteiger partial charge >= 0.3 is 0 Å². The minimum atomic E-state index is -0.123. The van der Waals surface area contributed by atoms with Crippen LogP contribution >= 0.6 is 0 Å². The number of benzene rings is 2. The number of anilines is 4. The maximum absolute atomic E-state index is 13.1. The van der Waals surface area contributed by atoms with E-state index < -0.39 is 0 Å². The van der Waals surface area contributed by atoms with Gasteiger partial charge in [0.1, 0.15) is 5.82 Å². The van der Waals surface area contributed by atoms with Crippen molar-refractivity contribution in [2.45, 2.75) is 46.0 Å². The predicted molar refractivity (Wildman–Crippen MR) is 141 cm³/mol. The number of aryl methyl sites for hydroxylation is 3. The van der Waals surface area contributed by atoms with Gasteiger partial charge in [-0.15, -0.1) is 0 Å². The number of nitrogens with two attached hydrogens (primary N) is 1. The van der Waals surface area contributed by atoms with Crippen molar-refractivity contribution in [2.24, 2.45) is 5.92 Å². The predicted octanol–water partition coefficient (Wildman–Crippen LogP) is 5.60. The molecule has 0 spiro atoms. The molecule has 1 heterocycles. The number of amides is 1. The van der Waals surface area contributed by atoms with E-state index in [4.69, 9.17) is 15.2 Å². The first-order valence-electron chi connectivity index (χ1n) is 12.1. The molecule has 0 aliphatic heterocycles. The zero-order valence-electron chi connectivity index (χ0n) is 21.1. The highest BCUT2D eigenvalue weighted by molar-refractivity contribution is 5.98. The number of nitrogens with one attached hydrogen (secondary N) is 2. The van der Waals surface area contributed by atoms with Gasteiger partial charge in [-0.1, -0.05) is 19.9 Å². The molecule has 7 heteroatoms. The molecule has 7 nitrogen and oxygen atoms in total. The lowest BCUT2D eigenvalue weighted by molar-refractivity contribution is -0.117. The minimum absolute atomic E-state index is 0.00948. The first-order chi connectivity index (χ1) is 16.9. The quantitative estimate of drug-likeness (QED) is 0.349. The molecule has 0 bridgehead atoms. The topological polar surface area (TPSA) is 98.5 Å². The molecule has 1 amide bonds. The van der Waals surface area contributed by atoms with E-state index >= 15 is 0 Å². The van der Waals surface area contributed by atoms with Crippen LogP contribution in [-0.4, -0.2) is 25.1 Å². The van der Waals surface area contributed by atoms with Gasteiger partial charge in [-0.25, -0.2) is 4.98 Å². The fourth-order valence-corrected chi connectivity index (χ4v) is 4.71. The van der Waals surface area contributed by atoms with Gasteiger partial charge in [-0.3, -0.25) is 4.79 Å². The second kappa shape index (κ2) is 10.3. The summed E-state index contributed by atoms with van der Waals surface area (Å²) in [6.45, 7) is 6.20. The number of carbonyl (C=O) groups excluding carboxylic acids is 1. The highest BCUT2D eigenvalue weighted by Gasteiger charge is 2.45. The average molecular weight is 475 g/mol. The van der Waals surface area contributed by atoms with Crippen LogP contribution in [0.15, 0.2) is 42.6 Å². The lowest BCUT2D eigenvalue weighted by atomic mass is 10.0. The Labute approximate surface area is 207 Å². The minimum Gasteiger partial charge on any atom is -0.493 e. The van der Waals surface area contributed by atoms with E-state index in [1.165, 1.54) is 11.1 Å². The number of nitrogen functional groups attached to an aromatic ring is 1. The van der Waals surface area contributed by atoms with E-state index in [1.807, 2.05) is 43.3 Å². The summed E-state index contributed by atoms with van der Waals surface area (Å²) in [6.07, 6.45) is 4.34. The fraction of sp³-hybridized carbons (Fsp3) is 0.357. The normalized spacial score (nSPS) is 16.5. The molecule has 0 radical (unpaired) electrons. The van der Waals surface area contributed by atoms with Crippen LogP contribution in [0.3, 0.4) is 0 Å². The van der Waals surface area contributed by atoms with Gasteiger partial charge in [0.05, 0.1) is 25.6 Å². The molecule has 1 saturated carbocycles. The highest BCUT2D eigenvalue weighted by Crippen LogP contribution is 2.50. The number of carbonyl (C=O) groups is 1. The summed E-state index contributed by atoms with van der Waals surface area (Å²) >= 11 is 0. The van der Waals surface area contributed by atoms with E-state index in [2.05, 4.69) is 29.5 Å². The Balaban J connectivity index is 1.51. The van der Waals surface area contributed by atoms with Crippen molar-refractivity contribution >= 4 is 28.8 Å². The lowest BCUT2D eigenvalue weighted by Crippen LogP contribution is -2.16. The Morgan fingerprint density at radius 3 is 2.54 bits per heavy atom. The molecule has 184 valence electrons. The van der Waals surface area contributed by atoms with Crippen LogP contribution in [0.5, 0.6) is 11.5 Å². The molecule has 1 fully saturated rings. The van der Waals surface area contributed by atoms with Crippen LogP contribution in [0, 0.1) is 12.8 Å². The number of rotatable bonds is 9. The van der Waals surface area contributed by atoms with Crippen LogP contribution < -0.4 is 25.8 Å². The zero-order valence-corrected chi connectivity index (χ0v) is 21.1. The third-order valence-electron chi connectivity index (χ3n) is 6.68. The van der Waals surface area contributed by atoms with Crippen LogP contribution in [0.25, 0.3) is 0 Å². The molecule has 1 aliphatic carbocycles. The molecule has 2 unspecified atom stereocenters. The van der Waals surface area contributed by atoms with E-state index in [9.17, 15) is 4.79 Å². The van der Waals surface area contributed by atoms with Gasteiger partial charge in [0.15, 0.2) is 11.5 Å². The maximum Gasteiger partial charge on any atom is 0.228 e. The molecule has 2 atom stereocenters. The SMILES string of the molecule is CCc1cc(N)c(NC(=O)C2CC2c2cccnc2Nc2cc(C)c(OC)c(OC)c2)cc1CC. The molecule has 1 aromatic heterocycles. The number of hydrogen-bond acceptors (Lipinski definition) is 6. The highest BCUT2D eigenvalue weighted by atomic mass is 16.5. The molecule has 35 heavy (non-hydrogen) atoms. The number of nitrogens with zero attached hydrogens (tertiary/aromatic N) is 1. The number of pyridine rings is 1. The molecule has 0 saturated heterocycles. The number of hydrogen-bond donors (Lipinski definition) is 3. The van der Waals surface area contributed by atoms with E-state index in [0.29, 0.717) is 22.9 Å². The van der Waals surface area contributed by atoms with Gasteiger partial charge in [0.25, 0.3) is 0 Å². The average Bonchev–Trinajstić information content (AvgIpc) is 3.66. The molecule has 4 rings (SSSR count). The molecule has 1 aliphatic rings. The summed E-state index contributed by atoms with van der Waals surface area (Å²) < 4.78 is 10.9. The van der Waals surface area contributed by atoms with Crippen LogP contribution in [-0.2, 0) is 17.6 Å². The van der Waals surface area contributed by atoms with E-state index in [-0.39, 0.29) is 17.7 Å². The summed E-state index contributed by atoms with van der Waals surface area (Å²) in [5, 5.41) is 6.48. The van der Waals surface area contributed by atoms with Crippen molar-refractivity contribution in [1.82, 2.24) is 4.98 Å². The Bertz CT molecular complexity index is 1240. The second-order valence-electron chi connectivity index (χ2n) is 8.95. The Kier molecular flexibility index (Phi) is 7.15. The van der Waals surface area contributed by atoms with Crippen molar-refractivity contribution in [2.75, 3.05) is 30.6 Å². The summed E-state index contributed by atoms with van der Waals surface area (Å²) in [5.74, 6) is 2.05. The third-order valence-corrected chi connectivity index (χ3v) is 6.68. The molecule has 4 N–H and O–H groups in total. The molecule has 3 aromatic rings. The first kappa shape index (κ1) is 24.4. The van der Waals surface area contributed by atoms with Crippen LogP contribution in [0.4, 0.5) is 22.9 Å². The molecule has 2 aromatic carbocycles. The lowest BCUT2D eigenvalue weighted by Gasteiger charge is -2.16. The fourth-order valence-electron chi connectivity index (χ4n) is 4.71. The zero-order chi connectivity index (χ0) is 25.1. The largest absolute Gasteiger partial charge is 0.493 e. The number of ether oxygens (including phenoxy) is 2. The smallest absolute Gasteiger partial charge is 0.228 e. The number of aromatic nitrogens is 1. The standard InChI is InChI=1S/C28H34N4O3/c1-6-17-12-23(29)24(13-18(17)7-2)32-28(33)22-15-21(22)20-9-8-10-30-27(20)31-19-11-16(3)26(35-5)25(14-19)34-4/h8-14,21-22H,6-7,15,29H2,1-5H3,(H,30,31)(H,32,33). The van der Waals surface area contributed by atoms with Crippen molar-refractivity contribution < 1.29 is 14.3 Å². The first-order valence-corrected chi connectivity index (χ1v) is 12.1. The van der Waals surface area contributed by atoms with Crippen LogP contribution in [0.1, 0.15) is 48.4 Å². The molecular formula is C28H34N4O3. The monoisotopic (exact) mass is 474 g/mol. The van der Waals surface area contributed by atoms with Crippen molar-refractivity contribution in [1.29, 1.82) is 0 Å². The maximum atomic E-state index is 13.1. The summed E-state index contributed by atoms with van der Waals surface area (Å²) in [4.78, 5) is 17.7. The van der Waals surface area contributed by atoms with Gasteiger partial charge in [0, 0.05) is 23.9 Å². The van der Waals surface area contributed by atoms with Gasteiger partial charge < -0.3 is 25.8 Å². The third kappa shape index (κ3) is 5.04. The van der Waals surface area contributed by atoms with Gasteiger partial charge in [0.2, 0.25) is 5.91 Å².